The maximum Gasteiger partial charge on any atom is 0.0540 e. The van der Waals surface area contributed by atoms with Crippen molar-refractivity contribution in [1.82, 2.24) is 0 Å². The summed E-state index contributed by atoms with van der Waals surface area (Å²) in [7, 11) is 0. The van der Waals surface area contributed by atoms with Gasteiger partial charge in [0.25, 0.3) is 0 Å². The first-order valence-corrected chi connectivity index (χ1v) is 16.1. The Morgan fingerprint density at radius 3 is 1.47 bits per heavy atom. The molecule has 0 heterocycles. The van der Waals surface area contributed by atoms with E-state index in [0.717, 1.165) is 17.1 Å². The fourth-order valence-electron chi connectivity index (χ4n) is 6.61. The Hall–Kier alpha value is -6.18. The molecule has 0 unspecified atom stereocenters. The van der Waals surface area contributed by atoms with E-state index in [0.29, 0.717) is 0 Å². The molecule has 8 rings (SSSR count). The van der Waals surface area contributed by atoms with Gasteiger partial charge in [0, 0.05) is 16.9 Å². The number of nitrogens with zero attached hydrogens (tertiary/aromatic N) is 1. The van der Waals surface area contributed by atoms with E-state index in [2.05, 4.69) is 205 Å². The van der Waals surface area contributed by atoms with Crippen LogP contribution in [0.2, 0.25) is 0 Å². The van der Waals surface area contributed by atoms with Crippen molar-refractivity contribution in [3.63, 3.8) is 0 Å². The molecule has 0 aliphatic carbocycles. The number of hydrogen-bond donors (Lipinski definition) is 0. The van der Waals surface area contributed by atoms with Gasteiger partial charge < -0.3 is 4.90 Å². The number of para-hydroxylation sites is 1. The average Bonchev–Trinajstić information content (AvgIpc) is 3.16. The molecule has 0 amide bonds. The smallest absolute Gasteiger partial charge is 0.0540 e. The van der Waals surface area contributed by atoms with Crippen molar-refractivity contribution >= 4 is 27.8 Å². The van der Waals surface area contributed by atoms with Crippen molar-refractivity contribution in [1.29, 1.82) is 0 Å². The molecule has 0 bridgehead atoms. The summed E-state index contributed by atoms with van der Waals surface area (Å²) in [5.41, 5.74) is 13.0. The lowest BCUT2D eigenvalue weighted by molar-refractivity contribution is 1.28. The van der Waals surface area contributed by atoms with Crippen LogP contribution in [0.3, 0.4) is 0 Å². The third-order valence-corrected chi connectivity index (χ3v) is 8.87. The van der Waals surface area contributed by atoms with Crippen LogP contribution in [0, 0.1) is 0 Å². The van der Waals surface area contributed by atoms with Crippen LogP contribution >= 0.6 is 0 Å². The van der Waals surface area contributed by atoms with E-state index in [-0.39, 0.29) is 0 Å². The summed E-state index contributed by atoms with van der Waals surface area (Å²) >= 11 is 0. The van der Waals surface area contributed by atoms with Crippen molar-refractivity contribution in [2.75, 3.05) is 4.90 Å². The van der Waals surface area contributed by atoms with E-state index >= 15 is 0 Å². The lowest BCUT2D eigenvalue weighted by Crippen LogP contribution is -2.11. The van der Waals surface area contributed by atoms with Gasteiger partial charge in [-0.25, -0.2) is 0 Å². The first kappa shape index (κ1) is 28.3. The van der Waals surface area contributed by atoms with Gasteiger partial charge in [-0.1, -0.05) is 164 Å². The van der Waals surface area contributed by atoms with Crippen molar-refractivity contribution in [2.24, 2.45) is 0 Å². The van der Waals surface area contributed by atoms with E-state index in [1.54, 1.807) is 0 Å². The maximum absolute atomic E-state index is 2.38. The van der Waals surface area contributed by atoms with Gasteiger partial charge in [-0.05, 0) is 86.1 Å². The zero-order valence-corrected chi connectivity index (χ0v) is 26.0. The summed E-state index contributed by atoms with van der Waals surface area (Å²) in [6, 6.07) is 71.8. The number of rotatable bonds is 7. The number of hydrogen-bond acceptors (Lipinski definition) is 1. The molecule has 1 nitrogen and oxygen atoms in total. The fourth-order valence-corrected chi connectivity index (χ4v) is 6.61. The first-order chi connectivity index (χ1) is 23.3. The molecule has 0 aliphatic heterocycles. The first-order valence-electron chi connectivity index (χ1n) is 16.1. The highest BCUT2D eigenvalue weighted by Crippen LogP contribution is 2.44. The Bertz CT molecular complexity index is 2260. The van der Waals surface area contributed by atoms with Crippen molar-refractivity contribution in [2.45, 2.75) is 0 Å². The van der Waals surface area contributed by atoms with E-state index < -0.39 is 0 Å². The normalized spacial score (nSPS) is 11.0. The third-order valence-electron chi connectivity index (χ3n) is 8.87. The van der Waals surface area contributed by atoms with Crippen LogP contribution in [0.4, 0.5) is 17.1 Å². The summed E-state index contributed by atoms with van der Waals surface area (Å²) in [6.45, 7) is 0. The fraction of sp³-hybridized carbons (Fsp3) is 0. The molecule has 47 heavy (non-hydrogen) atoms. The molecule has 8 aromatic rings. The van der Waals surface area contributed by atoms with Crippen LogP contribution in [0.25, 0.3) is 55.3 Å². The molecule has 0 fully saturated rings. The average molecular weight is 600 g/mol. The Kier molecular flexibility index (Phi) is 7.63. The second-order valence-corrected chi connectivity index (χ2v) is 11.8. The third kappa shape index (κ3) is 5.60. The predicted molar refractivity (Wildman–Crippen MR) is 200 cm³/mol. The molecule has 0 spiro atoms. The van der Waals surface area contributed by atoms with Crippen molar-refractivity contribution in [3.8, 4) is 44.5 Å². The molecule has 0 aromatic heterocycles. The van der Waals surface area contributed by atoms with Gasteiger partial charge in [-0.15, -0.1) is 0 Å². The highest BCUT2D eigenvalue weighted by atomic mass is 15.1. The number of fused-ring (bicyclic) bond motifs is 1. The van der Waals surface area contributed by atoms with Crippen LogP contribution in [0.1, 0.15) is 0 Å². The van der Waals surface area contributed by atoms with Crippen molar-refractivity contribution < 1.29 is 0 Å². The molecule has 1 heteroatoms. The maximum atomic E-state index is 2.38. The minimum absolute atomic E-state index is 1.10. The van der Waals surface area contributed by atoms with Gasteiger partial charge in [0.2, 0.25) is 0 Å². The Morgan fingerprint density at radius 1 is 0.298 bits per heavy atom. The molecule has 222 valence electrons. The summed E-state index contributed by atoms with van der Waals surface area (Å²) in [5.74, 6) is 0. The summed E-state index contributed by atoms with van der Waals surface area (Å²) in [4.78, 5) is 2.38. The van der Waals surface area contributed by atoms with E-state index in [4.69, 9.17) is 0 Å². The monoisotopic (exact) mass is 599 g/mol. The highest BCUT2D eigenvalue weighted by Gasteiger charge is 2.19. The topological polar surface area (TPSA) is 3.24 Å². The lowest BCUT2D eigenvalue weighted by atomic mass is 9.89. The van der Waals surface area contributed by atoms with Gasteiger partial charge in [0.1, 0.15) is 0 Å². The molecule has 0 aliphatic rings. The molecule has 0 saturated heterocycles. The van der Waals surface area contributed by atoms with Gasteiger partial charge >= 0.3 is 0 Å². The van der Waals surface area contributed by atoms with Crippen LogP contribution < -0.4 is 4.90 Å². The minimum Gasteiger partial charge on any atom is -0.310 e. The summed E-state index contributed by atoms with van der Waals surface area (Å²) in [5, 5.41) is 2.49. The zero-order valence-electron chi connectivity index (χ0n) is 26.0. The van der Waals surface area contributed by atoms with Gasteiger partial charge in [-0.2, -0.15) is 0 Å². The minimum atomic E-state index is 1.10. The number of benzene rings is 8. The van der Waals surface area contributed by atoms with Gasteiger partial charge in [0.15, 0.2) is 0 Å². The largest absolute Gasteiger partial charge is 0.310 e. The lowest BCUT2D eigenvalue weighted by Gasteiger charge is -2.28. The Morgan fingerprint density at radius 2 is 0.809 bits per heavy atom. The summed E-state index contributed by atoms with van der Waals surface area (Å²) < 4.78 is 0. The molecular weight excluding hydrogens is 567 g/mol. The molecule has 0 saturated carbocycles. The second-order valence-electron chi connectivity index (χ2n) is 11.8. The Balaban J connectivity index is 1.30. The Labute approximate surface area is 276 Å². The van der Waals surface area contributed by atoms with Crippen LogP contribution in [0.15, 0.2) is 200 Å². The van der Waals surface area contributed by atoms with Crippen LogP contribution in [0.5, 0.6) is 0 Å². The predicted octanol–water partition coefficient (Wildman–Crippen LogP) is 13.0. The van der Waals surface area contributed by atoms with Crippen LogP contribution in [-0.4, -0.2) is 0 Å². The molecule has 0 atom stereocenters. The number of anilines is 3. The van der Waals surface area contributed by atoms with Crippen LogP contribution in [-0.2, 0) is 0 Å². The van der Waals surface area contributed by atoms with Crippen molar-refractivity contribution in [3.05, 3.63) is 200 Å². The van der Waals surface area contributed by atoms with E-state index in [1.165, 1.54) is 55.3 Å². The quantitative estimate of drug-likeness (QED) is 0.176. The van der Waals surface area contributed by atoms with E-state index in [1.807, 2.05) is 0 Å². The standard InChI is InChI=1S/C46H33N/c1-5-15-34(16-6-1)39-28-32-45(44(33-39)36-19-9-3-10-20-36)47(40-22-11-4-12-23-40)41-29-25-38(26-30-41)46-42-24-14-13-21-37(42)27-31-43(46)35-17-7-2-8-18-35/h1-33H. The summed E-state index contributed by atoms with van der Waals surface area (Å²) in [6.07, 6.45) is 0. The molecule has 0 N–H and O–H groups in total. The molecular formula is C46H33N. The van der Waals surface area contributed by atoms with Gasteiger partial charge in [0.05, 0.1) is 5.69 Å². The zero-order chi connectivity index (χ0) is 31.4. The van der Waals surface area contributed by atoms with Gasteiger partial charge in [-0.3, -0.25) is 0 Å². The highest BCUT2D eigenvalue weighted by molar-refractivity contribution is 6.04. The molecule has 8 aromatic carbocycles. The SMILES string of the molecule is c1ccc(-c2ccc(N(c3ccccc3)c3ccc(-c4c(-c5ccccc5)ccc5ccccc45)cc3)c(-c3ccccc3)c2)cc1. The molecule has 0 radical (unpaired) electrons. The second kappa shape index (κ2) is 12.7. The van der Waals surface area contributed by atoms with E-state index in [9.17, 15) is 0 Å².